The zero-order valence-corrected chi connectivity index (χ0v) is 17.5. The fourth-order valence-electron chi connectivity index (χ4n) is 3.53. The predicted octanol–water partition coefficient (Wildman–Crippen LogP) is 2.06. The van der Waals surface area contributed by atoms with Crippen molar-refractivity contribution in [2.45, 2.75) is 25.4 Å². The lowest BCUT2D eigenvalue weighted by Crippen LogP contribution is -2.41. The van der Waals surface area contributed by atoms with Crippen LogP contribution in [0.3, 0.4) is 0 Å². The van der Waals surface area contributed by atoms with Crippen molar-refractivity contribution in [1.82, 2.24) is 4.90 Å². The Bertz CT molecular complexity index is 928. The minimum atomic E-state index is -3.14. The highest BCUT2D eigenvalue weighted by Crippen LogP contribution is 2.38. The number of furan rings is 1. The van der Waals surface area contributed by atoms with Crippen LogP contribution < -0.4 is 14.2 Å². The number of methoxy groups -OCH3 is 3. The van der Waals surface area contributed by atoms with Crippen LogP contribution in [0.5, 0.6) is 17.2 Å². The lowest BCUT2D eigenvalue weighted by molar-refractivity contribution is -0.133. The van der Waals surface area contributed by atoms with Gasteiger partial charge in [-0.05, 0) is 36.2 Å². The van der Waals surface area contributed by atoms with Crippen LogP contribution in [0.1, 0.15) is 17.7 Å². The Morgan fingerprint density at radius 1 is 1.17 bits per heavy atom. The van der Waals surface area contributed by atoms with E-state index in [9.17, 15) is 13.2 Å². The molecular formula is C20H25NO7S. The Morgan fingerprint density at radius 2 is 1.86 bits per heavy atom. The van der Waals surface area contributed by atoms with E-state index in [4.69, 9.17) is 18.6 Å². The molecule has 2 aromatic rings. The molecule has 9 heteroatoms. The maximum absolute atomic E-state index is 13.2. The number of amides is 1. The first kappa shape index (κ1) is 21.0. The minimum absolute atomic E-state index is 0.0330. The van der Waals surface area contributed by atoms with E-state index in [1.54, 1.807) is 29.2 Å². The Morgan fingerprint density at radius 3 is 2.34 bits per heavy atom. The van der Waals surface area contributed by atoms with Gasteiger partial charge in [0.15, 0.2) is 21.3 Å². The molecule has 0 unspecified atom stereocenters. The van der Waals surface area contributed by atoms with E-state index in [-0.39, 0.29) is 36.4 Å². The van der Waals surface area contributed by atoms with E-state index in [0.29, 0.717) is 35.0 Å². The lowest BCUT2D eigenvalue weighted by Gasteiger charge is -2.27. The molecule has 1 fully saturated rings. The SMILES string of the molecule is COc1cc(CC(=O)N(Cc2ccco2)[C@H]2CCS(=O)(=O)C2)cc(OC)c1OC. The third-order valence-corrected chi connectivity index (χ3v) is 6.71. The van der Waals surface area contributed by atoms with Gasteiger partial charge in [0.25, 0.3) is 0 Å². The van der Waals surface area contributed by atoms with Gasteiger partial charge in [-0.15, -0.1) is 0 Å². The van der Waals surface area contributed by atoms with Crippen molar-refractivity contribution in [1.29, 1.82) is 0 Å². The van der Waals surface area contributed by atoms with Gasteiger partial charge in [-0.1, -0.05) is 0 Å². The molecule has 1 amide bonds. The zero-order chi connectivity index (χ0) is 21.0. The van der Waals surface area contributed by atoms with E-state index >= 15 is 0 Å². The molecule has 1 saturated heterocycles. The van der Waals surface area contributed by atoms with Gasteiger partial charge in [0.05, 0.1) is 52.1 Å². The average Bonchev–Trinajstić information content (AvgIpc) is 3.34. The molecule has 1 aromatic heterocycles. The molecule has 0 aliphatic carbocycles. The number of sulfone groups is 1. The molecule has 1 atom stereocenters. The quantitative estimate of drug-likeness (QED) is 0.641. The van der Waals surface area contributed by atoms with Crippen LogP contribution in [-0.2, 0) is 27.6 Å². The third kappa shape index (κ3) is 4.84. The average molecular weight is 423 g/mol. The summed E-state index contributed by atoms with van der Waals surface area (Å²) in [4.78, 5) is 14.8. The maximum atomic E-state index is 13.2. The first-order valence-corrected chi connectivity index (χ1v) is 11.0. The number of hydrogen-bond acceptors (Lipinski definition) is 7. The van der Waals surface area contributed by atoms with Crippen molar-refractivity contribution in [3.63, 3.8) is 0 Å². The normalized spacial score (nSPS) is 17.7. The number of hydrogen-bond donors (Lipinski definition) is 0. The predicted molar refractivity (Wildman–Crippen MR) is 106 cm³/mol. The van der Waals surface area contributed by atoms with Crippen molar-refractivity contribution in [2.24, 2.45) is 0 Å². The highest BCUT2D eigenvalue weighted by Gasteiger charge is 2.35. The minimum Gasteiger partial charge on any atom is -0.493 e. The first-order valence-electron chi connectivity index (χ1n) is 9.18. The fraction of sp³-hybridized carbons (Fsp3) is 0.450. The van der Waals surface area contributed by atoms with E-state index in [1.165, 1.54) is 27.6 Å². The van der Waals surface area contributed by atoms with Crippen molar-refractivity contribution in [3.05, 3.63) is 41.9 Å². The van der Waals surface area contributed by atoms with Crippen molar-refractivity contribution in [2.75, 3.05) is 32.8 Å². The number of rotatable bonds is 8. The van der Waals surface area contributed by atoms with Gasteiger partial charge in [-0.25, -0.2) is 8.42 Å². The zero-order valence-electron chi connectivity index (χ0n) is 16.7. The van der Waals surface area contributed by atoms with Crippen LogP contribution in [0.25, 0.3) is 0 Å². The Kier molecular flexibility index (Phi) is 6.36. The molecule has 8 nitrogen and oxygen atoms in total. The molecule has 3 rings (SSSR count). The molecule has 1 aliphatic rings. The summed E-state index contributed by atoms with van der Waals surface area (Å²) in [6.07, 6.45) is 2.01. The molecule has 0 bridgehead atoms. The van der Waals surface area contributed by atoms with Crippen LogP contribution in [-0.4, -0.2) is 58.1 Å². The monoisotopic (exact) mass is 423 g/mol. The summed E-state index contributed by atoms with van der Waals surface area (Å²) in [5, 5.41) is 0. The van der Waals surface area contributed by atoms with Crippen LogP contribution in [0.15, 0.2) is 34.9 Å². The molecule has 158 valence electrons. The van der Waals surface area contributed by atoms with Gasteiger partial charge in [-0.3, -0.25) is 4.79 Å². The number of benzene rings is 1. The number of carbonyl (C=O) groups excluding carboxylic acids is 1. The van der Waals surface area contributed by atoms with E-state index < -0.39 is 9.84 Å². The van der Waals surface area contributed by atoms with Gasteiger partial charge in [0, 0.05) is 6.04 Å². The van der Waals surface area contributed by atoms with Gasteiger partial charge < -0.3 is 23.5 Å². The van der Waals surface area contributed by atoms with Crippen LogP contribution in [0.4, 0.5) is 0 Å². The second kappa shape index (κ2) is 8.77. The fourth-order valence-corrected chi connectivity index (χ4v) is 5.26. The van der Waals surface area contributed by atoms with E-state index in [1.807, 2.05) is 0 Å². The number of carbonyl (C=O) groups is 1. The number of ether oxygens (including phenoxy) is 3. The highest BCUT2D eigenvalue weighted by atomic mass is 32.2. The Labute approximate surface area is 170 Å². The largest absolute Gasteiger partial charge is 0.493 e. The third-order valence-electron chi connectivity index (χ3n) is 4.96. The molecule has 2 heterocycles. The van der Waals surface area contributed by atoms with E-state index in [2.05, 4.69) is 0 Å². The van der Waals surface area contributed by atoms with Crippen molar-refractivity contribution >= 4 is 15.7 Å². The van der Waals surface area contributed by atoms with Crippen molar-refractivity contribution < 1.29 is 31.8 Å². The molecule has 1 aromatic carbocycles. The first-order chi connectivity index (χ1) is 13.9. The number of nitrogens with zero attached hydrogens (tertiary/aromatic N) is 1. The Hall–Kier alpha value is -2.68. The van der Waals surface area contributed by atoms with Crippen LogP contribution in [0.2, 0.25) is 0 Å². The lowest BCUT2D eigenvalue weighted by atomic mass is 10.1. The van der Waals surface area contributed by atoms with Gasteiger partial charge in [-0.2, -0.15) is 0 Å². The van der Waals surface area contributed by atoms with Gasteiger partial charge in [0.1, 0.15) is 5.76 Å². The summed E-state index contributed by atoms with van der Waals surface area (Å²) in [7, 11) is 1.39. The van der Waals surface area contributed by atoms with Crippen LogP contribution >= 0.6 is 0 Å². The molecule has 0 N–H and O–H groups in total. The summed E-state index contributed by atoms with van der Waals surface area (Å²) >= 11 is 0. The molecule has 29 heavy (non-hydrogen) atoms. The molecular weight excluding hydrogens is 398 g/mol. The topological polar surface area (TPSA) is 95.3 Å². The molecule has 0 radical (unpaired) electrons. The maximum Gasteiger partial charge on any atom is 0.227 e. The Balaban J connectivity index is 1.86. The second-order valence-electron chi connectivity index (χ2n) is 6.87. The highest BCUT2D eigenvalue weighted by molar-refractivity contribution is 7.91. The molecule has 0 spiro atoms. The van der Waals surface area contributed by atoms with Gasteiger partial charge in [0.2, 0.25) is 11.7 Å². The molecule has 1 aliphatic heterocycles. The van der Waals surface area contributed by atoms with Crippen LogP contribution in [0, 0.1) is 0 Å². The summed E-state index contributed by atoms with van der Waals surface area (Å²) in [5.41, 5.74) is 0.676. The standard InChI is InChI=1S/C20H25NO7S/c1-25-17-9-14(10-18(26-2)20(17)27-3)11-19(22)21(12-16-5-4-7-28-16)15-6-8-29(23,24)13-15/h4-5,7,9-10,15H,6,8,11-13H2,1-3H3/t15-/m0/s1. The smallest absolute Gasteiger partial charge is 0.227 e. The van der Waals surface area contributed by atoms with E-state index in [0.717, 1.165) is 0 Å². The summed E-state index contributed by atoms with van der Waals surface area (Å²) < 4.78 is 45.3. The summed E-state index contributed by atoms with van der Waals surface area (Å²) in [6, 6.07) is 6.57. The van der Waals surface area contributed by atoms with Gasteiger partial charge >= 0.3 is 0 Å². The molecule has 0 saturated carbocycles. The summed E-state index contributed by atoms with van der Waals surface area (Å²) in [5.74, 6) is 1.82. The van der Waals surface area contributed by atoms with Crippen molar-refractivity contribution in [3.8, 4) is 17.2 Å². The second-order valence-corrected chi connectivity index (χ2v) is 9.10. The summed E-state index contributed by atoms with van der Waals surface area (Å²) in [6.45, 7) is 0.219.